The van der Waals surface area contributed by atoms with Crippen LogP contribution < -0.4 is 4.72 Å². The van der Waals surface area contributed by atoms with Crippen molar-refractivity contribution in [3.63, 3.8) is 0 Å². The summed E-state index contributed by atoms with van der Waals surface area (Å²) in [5, 5.41) is 1.23. The van der Waals surface area contributed by atoms with Gasteiger partial charge in [-0.25, -0.2) is 8.42 Å². The molecule has 0 amide bonds. The minimum atomic E-state index is -3.77. The molecule has 3 aromatic rings. The van der Waals surface area contributed by atoms with E-state index in [0.29, 0.717) is 30.5 Å². The third kappa shape index (κ3) is 4.45. The Morgan fingerprint density at radius 2 is 1.50 bits per heavy atom. The molecule has 0 saturated heterocycles. The fourth-order valence-corrected chi connectivity index (χ4v) is 4.83. The number of sulfonamides is 1. The van der Waals surface area contributed by atoms with Crippen molar-refractivity contribution in [3.8, 4) is 0 Å². The van der Waals surface area contributed by atoms with Crippen LogP contribution in [0.5, 0.6) is 0 Å². The summed E-state index contributed by atoms with van der Waals surface area (Å²) in [5.41, 5.74) is 0.413. The minimum Gasteiger partial charge on any atom is -0.278 e. The van der Waals surface area contributed by atoms with Crippen molar-refractivity contribution in [2.24, 2.45) is 0 Å². The summed E-state index contributed by atoms with van der Waals surface area (Å²) in [6.07, 6.45) is 2.96. The highest BCUT2D eigenvalue weighted by molar-refractivity contribution is 8.00. The Morgan fingerprint density at radius 3 is 2.15 bits per heavy atom. The Bertz CT molecular complexity index is 1020. The highest BCUT2D eigenvalue weighted by atomic mass is 35.5. The second-order valence-electron chi connectivity index (χ2n) is 5.09. The van der Waals surface area contributed by atoms with Gasteiger partial charge in [0.15, 0.2) is 0 Å². The lowest BCUT2D eigenvalue weighted by Crippen LogP contribution is -2.13. The molecule has 0 saturated carbocycles. The van der Waals surface area contributed by atoms with Crippen molar-refractivity contribution in [2.75, 3.05) is 4.72 Å². The zero-order valence-corrected chi connectivity index (χ0v) is 16.9. The number of nitrogens with one attached hydrogen (secondary N) is 1. The lowest BCUT2D eigenvalue weighted by Gasteiger charge is -2.13. The molecule has 0 radical (unpaired) electrons. The molecule has 134 valence electrons. The molecule has 1 N–H and O–H groups in total. The van der Waals surface area contributed by atoms with E-state index in [1.54, 1.807) is 24.3 Å². The van der Waals surface area contributed by atoms with Gasteiger partial charge in [-0.2, -0.15) is 0 Å². The average Bonchev–Trinajstić information content (AvgIpc) is 2.60. The van der Waals surface area contributed by atoms with Gasteiger partial charge >= 0.3 is 0 Å². The van der Waals surface area contributed by atoms with Crippen LogP contribution in [0, 0.1) is 0 Å². The number of pyridine rings is 1. The van der Waals surface area contributed by atoms with Crippen LogP contribution in [-0.2, 0) is 10.0 Å². The number of benzene rings is 2. The topological polar surface area (TPSA) is 59.1 Å². The van der Waals surface area contributed by atoms with Crippen LogP contribution in [-0.4, -0.2) is 13.4 Å². The largest absolute Gasteiger partial charge is 0.278 e. The molecular formula is C17H11Cl3N2O2S2. The van der Waals surface area contributed by atoms with Crippen LogP contribution in [0.2, 0.25) is 15.1 Å². The van der Waals surface area contributed by atoms with Gasteiger partial charge in [0.1, 0.15) is 0 Å². The monoisotopic (exact) mass is 444 g/mol. The predicted molar refractivity (Wildman–Crippen MR) is 107 cm³/mol. The molecule has 0 bridgehead atoms. The van der Waals surface area contributed by atoms with Crippen molar-refractivity contribution in [2.45, 2.75) is 14.7 Å². The van der Waals surface area contributed by atoms with Crippen molar-refractivity contribution in [1.82, 2.24) is 4.98 Å². The van der Waals surface area contributed by atoms with Crippen molar-refractivity contribution < 1.29 is 8.42 Å². The molecule has 1 aromatic heterocycles. The fraction of sp³-hybridized carbons (Fsp3) is 0. The predicted octanol–water partition coefficient (Wildman–Crippen LogP) is 5.99. The van der Waals surface area contributed by atoms with Crippen LogP contribution in [0.4, 0.5) is 5.69 Å². The number of aromatic nitrogens is 1. The normalized spacial score (nSPS) is 11.3. The molecule has 0 fully saturated rings. The lowest BCUT2D eigenvalue weighted by molar-refractivity contribution is 0.601. The summed E-state index contributed by atoms with van der Waals surface area (Å²) in [6.45, 7) is 0. The second kappa shape index (κ2) is 8.06. The van der Waals surface area contributed by atoms with Crippen LogP contribution >= 0.6 is 46.6 Å². The van der Waals surface area contributed by atoms with E-state index in [9.17, 15) is 8.42 Å². The number of halogens is 3. The average molecular weight is 446 g/mol. The van der Waals surface area contributed by atoms with Gasteiger partial charge < -0.3 is 0 Å². The van der Waals surface area contributed by atoms with Crippen LogP contribution in [0.15, 0.2) is 75.6 Å². The molecule has 0 spiro atoms. The van der Waals surface area contributed by atoms with E-state index in [1.165, 1.54) is 48.4 Å². The Labute approximate surface area is 170 Å². The Morgan fingerprint density at radius 1 is 0.885 bits per heavy atom. The van der Waals surface area contributed by atoms with Gasteiger partial charge in [-0.3, -0.25) is 9.71 Å². The molecule has 0 atom stereocenters. The maximum Gasteiger partial charge on any atom is 0.261 e. The highest BCUT2D eigenvalue weighted by Crippen LogP contribution is 2.41. The number of rotatable bonds is 5. The van der Waals surface area contributed by atoms with E-state index in [-0.39, 0.29) is 4.90 Å². The van der Waals surface area contributed by atoms with Gasteiger partial charge in [0.05, 0.1) is 25.5 Å². The van der Waals surface area contributed by atoms with Crippen molar-refractivity contribution in [1.29, 1.82) is 0 Å². The minimum absolute atomic E-state index is 0.113. The van der Waals surface area contributed by atoms with Gasteiger partial charge in [-0.1, -0.05) is 58.7 Å². The van der Waals surface area contributed by atoms with Gasteiger partial charge in [-0.05, 0) is 36.4 Å². The first-order chi connectivity index (χ1) is 12.4. The smallest absolute Gasteiger partial charge is 0.261 e. The highest BCUT2D eigenvalue weighted by Gasteiger charge is 2.17. The van der Waals surface area contributed by atoms with E-state index in [4.69, 9.17) is 34.8 Å². The number of nitrogens with zero attached hydrogens (tertiary/aromatic N) is 1. The third-order valence-electron chi connectivity index (χ3n) is 3.28. The summed E-state index contributed by atoms with van der Waals surface area (Å²) < 4.78 is 27.8. The molecule has 3 rings (SSSR count). The Hall–Kier alpha value is -1.44. The van der Waals surface area contributed by atoms with Crippen LogP contribution in [0.3, 0.4) is 0 Å². The number of hydrogen-bond acceptors (Lipinski definition) is 4. The van der Waals surface area contributed by atoms with E-state index in [0.717, 1.165) is 0 Å². The lowest BCUT2D eigenvalue weighted by atomic mass is 10.3. The summed E-state index contributed by atoms with van der Waals surface area (Å²) in [6, 6.07) is 12.9. The van der Waals surface area contributed by atoms with Gasteiger partial charge in [0.25, 0.3) is 10.0 Å². The summed E-state index contributed by atoms with van der Waals surface area (Å²) in [7, 11) is -3.77. The van der Waals surface area contributed by atoms with Gasteiger partial charge in [0, 0.05) is 22.3 Å². The SMILES string of the molecule is O=S(=O)(Nc1ccccc1Sc1c(Cl)cncc1Cl)c1ccc(Cl)cc1. The number of para-hydroxylation sites is 1. The van der Waals surface area contributed by atoms with Crippen molar-refractivity contribution in [3.05, 3.63) is 76.0 Å². The third-order valence-corrected chi connectivity index (χ3v) is 6.93. The maximum absolute atomic E-state index is 12.6. The second-order valence-corrected chi connectivity index (χ2v) is 9.08. The first-order valence-electron chi connectivity index (χ1n) is 7.21. The van der Waals surface area contributed by atoms with E-state index in [2.05, 4.69) is 9.71 Å². The first-order valence-corrected chi connectivity index (χ1v) is 10.6. The van der Waals surface area contributed by atoms with E-state index >= 15 is 0 Å². The molecule has 2 aromatic carbocycles. The number of hydrogen-bond donors (Lipinski definition) is 1. The first kappa shape index (κ1) is 19.3. The molecule has 26 heavy (non-hydrogen) atoms. The Kier molecular flexibility index (Phi) is 5.99. The van der Waals surface area contributed by atoms with Crippen molar-refractivity contribution >= 4 is 62.3 Å². The summed E-state index contributed by atoms with van der Waals surface area (Å²) in [4.78, 5) is 5.28. The zero-order chi connectivity index (χ0) is 18.7. The molecule has 4 nitrogen and oxygen atoms in total. The van der Waals surface area contributed by atoms with Gasteiger partial charge in [0.2, 0.25) is 0 Å². The molecule has 0 aliphatic heterocycles. The molecule has 0 aliphatic carbocycles. The van der Waals surface area contributed by atoms with Crippen LogP contribution in [0.1, 0.15) is 0 Å². The molecule has 0 aliphatic rings. The van der Waals surface area contributed by atoms with Gasteiger partial charge in [-0.15, -0.1) is 0 Å². The summed E-state index contributed by atoms with van der Waals surface area (Å²) >= 11 is 19.4. The summed E-state index contributed by atoms with van der Waals surface area (Å²) in [5.74, 6) is 0. The standard InChI is InChI=1S/C17H11Cl3N2O2S2/c18-11-5-7-12(8-6-11)26(23,24)22-15-3-1-2-4-16(15)25-17-13(19)9-21-10-14(17)20/h1-10,22H. The molecular weight excluding hydrogens is 435 g/mol. The van der Waals surface area contributed by atoms with Crippen LogP contribution in [0.25, 0.3) is 0 Å². The van der Waals surface area contributed by atoms with E-state index < -0.39 is 10.0 Å². The molecule has 9 heteroatoms. The quantitative estimate of drug-likeness (QED) is 0.524. The molecule has 0 unspecified atom stereocenters. The van der Waals surface area contributed by atoms with E-state index in [1.807, 2.05) is 0 Å². The fourth-order valence-electron chi connectivity index (χ4n) is 2.06. The zero-order valence-electron chi connectivity index (χ0n) is 13.0. The maximum atomic E-state index is 12.6. The Balaban J connectivity index is 1.94. The number of anilines is 1. The molecule has 1 heterocycles.